The summed E-state index contributed by atoms with van der Waals surface area (Å²) in [5.74, 6) is 1.45. The molecule has 2 aromatic heterocycles. The van der Waals surface area contributed by atoms with Crippen molar-refractivity contribution in [1.82, 2.24) is 25.0 Å². The molecule has 0 radical (unpaired) electrons. The second kappa shape index (κ2) is 8.57. The van der Waals surface area contributed by atoms with Crippen LogP contribution in [0.15, 0.2) is 48.5 Å². The van der Waals surface area contributed by atoms with Crippen molar-refractivity contribution in [2.24, 2.45) is 0 Å². The lowest BCUT2D eigenvalue weighted by atomic mass is 10.2. The van der Waals surface area contributed by atoms with Crippen LogP contribution < -0.4 is 5.32 Å². The average molecular weight is 407 g/mol. The number of hydrogen-bond donors (Lipinski definition) is 1. The van der Waals surface area contributed by atoms with Crippen molar-refractivity contribution in [2.75, 3.05) is 5.32 Å². The van der Waals surface area contributed by atoms with Gasteiger partial charge in [-0.2, -0.15) is 0 Å². The number of nitrogens with zero attached hydrogens (tertiary/aromatic N) is 5. The fraction of sp³-hybridized carbons (Fsp3) is 0.273. The van der Waals surface area contributed by atoms with Crippen LogP contribution >= 0.6 is 11.6 Å². The molecule has 0 atom stereocenters. The molecule has 0 saturated carbocycles. The van der Waals surface area contributed by atoms with Crippen molar-refractivity contribution in [1.29, 1.82) is 0 Å². The highest BCUT2D eigenvalue weighted by molar-refractivity contribution is 6.30. The minimum absolute atomic E-state index is 0.608. The third-order valence-electron chi connectivity index (χ3n) is 4.79. The van der Waals surface area contributed by atoms with Gasteiger partial charge in [0.2, 0.25) is 0 Å². The molecular formula is C22H23ClN6. The van der Waals surface area contributed by atoms with E-state index < -0.39 is 0 Å². The molecule has 29 heavy (non-hydrogen) atoms. The lowest BCUT2D eigenvalue weighted by Gasteiger charge is -2.11. The van der Waals surface area contributed by atoms with Crippen LogP contribution in [0.3, 0.4) is 0 Å². The van der Waals surface area contributed by atoms with Crippen molar-refractivity contribution in [3.05, 3.63) is 70.5 Å². The van der Waals surface area contributed by atoms with Crippen LogP contribution in [0, 0.1) is 6.92 Å². The van der Waals surface area contributed by atoms with Crippen LogP contribution in [0.4, 0.5) is 11.5 Å². The van der Waals surface area contributed by atoms with Crippen LogP contribution in [0.25, 0.3) is 11.2 Å². The zero-order valence-electron chi connectivity index (χ0n) is 16.6. The molecular weight excluding hydrogens is 384 g/mol. The zero-order valence-corrected chi connectivity index (χ0v) is 17.3. The summed E-state index contributed by atoms with van der Waals surface area (Å²) in [4.78, 5) is 9.52. The molecule has 0 amide bonds. The van der Waals surface area contributed by atoms with Gasteiger partial charge < -0.3 is 5.32 Å². The molecule has 7 heteroatoms. The van der Waals surface area contributed by atoms with Crippen molar-refractivity contribution in [2.45, 2.75) is 39.7 Å². The first kappa shape index (κ1) is 19.3. The SMILES string of the molecule is CCCCc1nc(Nc2cc(Cl)ccc2C)c2nnn(Cc3ccccc3)c2n1. The Labute approximate surface area is 175 Å². The summed E-state index contributed by atoms with van der Waals surface area (Å²) in [7, 11) is 0. The summed E-state index contributed by atoms with van der Waals surface area (Å²) in [5.41, 5.74) is 4.51. The molecule has 0 fully saturated rings. The third kappa shape index (κ3) is 4.38. The average Bonchev–Trinajstić information content (AvgIpc) is 3.13. The van der Waals surface area contributed by atoms with Gasteiger partial charge in [0.05, 0.1) is 6.54 Å². The Morgan fingerprint density at radius 2 is 1.90 bits per heavy atom. The monoisotopic (exact) mass is 406 g/mol. The van der Waals surface area contributed by atoms with E-state index in [9.17, 15) is 0 Å². The molecule has 6 nitrogen and oxygen atoms in total. The summed E-state index contributed by atoms with van der Waals surface area (Å²) in [6.45, 7) is 4.80. The Kier molecular flexibility index (Phi) is 5.71. The molecule has 0 spiro atoms. The van der Waals surface area contributed by atoms with E-state index in [-0.39, 0.29) is 0 Å². The lowest BCUT2D eigenvalue weighted by Crippen LogP contribution is -2.06. The predicted octanol–water partition coefficient (Wildman–Crippen LogP) is 5.32. The van der Waals surface area contributed by atoms with Crippen LogP contribution in [-0.2, 0) is 13.0 Å². The first-order valence-electron chi connectivity index (χ1n) is 9.81. The fourth-order valence-corrected chi connectivity index (χ4v) is 3.33. The third-order valence-corrected chi connectivity index (χ3v) is 5.03. The maximum absolute atomic E-state index is 6.19. The van der Waals surface area contributed by atoms with Crippen LogP contribution in [0.5, 0.6) is 0 Å². The second-order valence-electron chi connectivity index (χ2n) is 7.08. The van der Waals surface area contributed by atoms with Crippen molar-refractivity contribution in [3.8, 4) is 0 Å². The molecule has 0 unspecified atom stereocenters. The van der Waals surface area contributed by atoms with E-state index in [4.69, 9.17) is 21.6 Å². The van der Waals surface area contributed by atoms with Gasteiger partial charge in [0, 0.05) is 17.1 Å². The highest BCUT2D eigenvalue weighted by atomic mass is 35.5. The highest BCUT2D eigenvalue weighted by Gasteiger charge is 2.16. The first-order valence-corrected chi connectivity index (χ1v) is 10.2. The summed E-state index contributed by atoms with van der Waals surface area (Å²) in [6.07, 6.45) is 2.92. The summed E-state index contributed by atoms with van der Waals surface area (Å²) < 4.78 is 1.83. The summed E-state index contributed by atoms with van der Waals surface area (Å²) in [5, 5.41) is 12.8. The molecule has 0 aliphatic heterocycles. The van der Waals surface area contributed by atoms with Gasteiger partial charge in [-0.15, -0.1) is 5.10 Å². The zero-order chi connectivity index (χ0) is 20.2. The molecule has 4 aromatic rings. The summed E-state index contributed by atoms with van der Waals surface area (Å²) in [6, 6.07) is 15.9. The van der Waals surface area contributed by atoms with E-state index >= 15 is 0 Å². The number of aromatic nitrogens is 5. The van der Waals surface area contributed by atoms with Crippen LogP contribution in [-0.4, -0.2) is 25.0 Å². The number of unbranched alkanes of at least 4 members (excludes halogenated alkanes) is 1. The number of halogens is 1. The summed E-state index contributed by atoms with van der Waals surface area (Å²) >= 11 is 6.19. The lowest BCUT2D eigenvalue weighted by molar-refractivity contribution is 0.661. The molecule has 0 saturated heterocycles. The molecule has 0 aliphatic carbocycles. The van der Waals surface area contributed by atoms with Gasteiger partial charge in [-0.05, 0) is 36.6 Å². The quantitative estimate of drug-likeness (QED) is 0.450. The normalized spacial score (nSPS) is 11.1. The Morgan fingerprint density at radius 3 is 2.69 bits per heavy atom. The molecule has 1 N–H and O–H groups in total. The minimum Gasteiger partial charge on any atom is -0.338 e. The maximum atomic E-state index is 6.19. The van der Waals surface area contributed by atoms with E-state index in [1.165, 1.54) is 0 Å². The van der Waals surface area contributed by atoms with Gasteiger partial charge in [0.1, 0.15) is 5.82 Å². The fourth-order valence-electron chi connectivity index (χ4n) is 3.15. The van der Waals surface area contributed by atoms with Gasteiger partial charge in [0.25, 0.3) is 0 Å². The van der Waals surface area contributed by atoms with E-state index in [0.717, 1.165) is 47.5 Å². The number of hydrogen-bond acceptors (Lipinski definition) is 5. The van der Waals surface area contributed by atoms with Crippen LogP contribution in [0.2, 0.25) is 5.02 Å². The Morgan fingerprint density at radius 1 is 1.07 bits per heavy atom. The van der Waals surface area contributed by atoms with E-state index in [2.05, 4.69) is 34.7 Å². The van der Waals surface area contributed by atoms with E-state index in [1.807, 2.05) is 48.0 Å². The Hall–Kier alpha value is -2.99. The number of rotatable bonds is 7. The molecule has 2 heterocycles. The molecule has 4 rings (SSSR count). The van der Waals surface area contributed by atoms with Gasteiger partial charge >= 0.3 is 0 Å². The Balaban J connectivity index is 1.77. The molecule has 2 aromatic carbocycles. The number of fused-ring (bicyclic) bond motifs is 1. The molecule has 0 aliphatic rings. The van der Waals surface area contributed by atoms with Crippen molar-refractivity contribution >= 4 is 34.3 Å². The minimum atomic E-state index is 0.608. The first-order chi connectivity index (χ1) is 14.1. The molecule has 0 bridgehead atoms. The number of benzene rings is 2. The van der Waals surface area contributed by atoms with E-state index in [0.29, 0.717) is 22.9 Å². The van der Waals surface area contributed by atoms with Crippen molar-refractivity contribution in [3.63, 3.8) is 0 Å². The topological polar surface area (TPSA) is 68.5 Å². The van der Waals surface area contributed by atoms with Gasteiger partial charge in [-0.1, -0.05) is 66.6 Å². The largest absolute Gasteiger partial charge is 0.338 e. The predicted molar refractivity (Wildman–Crippen MR) is 117 cm³/mol. The smallest absolute Gasteiger partial charge is 0.184 e. The maximum Gasteiger partial charge on any atom is 0.184 e. The number of anilines is 2. The Bertz CT molecular complexity index is 1120. The standard InChI is InChI=1S/C22H23ClN6/c1-3-4-10-19-25-21(24-18-13-17(23)12-11-15(18)2)20-22(26-19)29(28-27-20)14-16-8-6-5-7-9-16/h5-9,11-13H,3-4,10,14H2,1-2H3,(H,24,25,26). The number of nitrogens with one attached hydrogen (secondary N) is 1. The number of aryl methyl sites for hydroxylation is 2. The van der Waals surface area contributed by atoms with Gasteiger partial charge in [-0.25, -0.2) is 14.6 Å². The van der Waals surface area contributed by atoms with Gasteiger partial charge in [0.15, 0.2) is 17.0 Å². The molecule has 148 valence electrons. The second-order valence-corrected chi connectivity index (χ2v) is 7.52. The van der Waals surface area contributed by atoms with E-state index in [1.54, 1.807) is 0 Å². The van der Waals surface area contributed by atoms with Gasteiger partial charge in [-0.3, -0.25) is 0 Å². The van der Waals surface area contributed by atoms with Crippen molar-refractivity contribution < 1.29 is 0 Å². The highest BCUT2D eigenvalue weighted by Crippen LogP contribution is 2.27. The van der Waals surface area contributed by atoms with Crippen LogP contribution in [0.1, 0.15) is 36.7 Å².